The minimum Gasteiger partial charge on any atom is -0.356 e. The first-order chi connectivity index (χ1) is 45.7. The van der Waals surface area contributed by atoms with E-state index in [-0.39, 0.29) is 23.6 Å². The number of unbranched alkanes of at least 4 members (excludes halogenated alkanes) is 44. The van der Waals surface area contributed by atoms with E-state index in [4.69, 9.17) is 0 Å². The lowest BCUT2D eigenvalue weighted by Gasteiger charge is -2.28. The second kappa shape index (κ2) is 75.2. The molecule has 0 heterocycles. The van der Waals surface area contributed by atoms with Crippen molar-refractivity contribution in [3.05, 3.63) is 0 Å². The van der Waals surface area contributed by atoms with Crippen LogP contribution in [-0.2, 0) is 24.0 Å². The van der Waals surface area contributed by atoms with Gasteiger partial charge in [0.15, 0.2) is 0 Å². The number of amides is 4. The van der Waals surface area contributed by atoms with E-state index in [9.17, 15) is 24.0 Å². The largest absolute Gasteiger partial charge is 0.356 e. The second-order valence-electron chi connectivity index (χ2n) is 28.3. The Hall–Kier alpha value is -2.61. The molecule has 0 fully saturated rings. The maximum atomic E-state index is 13.4. The number of hydrogen-bond donors (Lipinski definition) is 5. The predicted octanol–water partition coefficient (Wildman–Crippen LogP) is 19.1. The van der Waals surface area contributed by atoms with Gasteiger partial charge in [-0.3, -0.25) is 24.0 Å². The van der Waals surface area contributed by atoms with Crippen molar-refractivity contribution in [1.29, 1.82) is 0 Å². The Kier molecular flexibility index (Phi) is 73.1. The van der Waals surface area contributed by atoms with Gasteiger partial charge in [-0.25, -0.2) is 0 Å². The first-order valence-electron chi connectivity index (χ1n) is 41.1. The summed E-state index contributed by atoms with van der Waals surface area (Å²) in [6, 6.07) is 0. The molecule has 13 nitrogen and oxygen atoms in total. The van der Waals surface area contributed by atoms with E-state index in [2.05, 4.69) is 75.9 Å². The summed E-state index contributed by atoms with van der Waals surface area (Å²) in [5.74, 6) is 0.662. The van der Waals surface area contributed by atoms with E-state index in [1.54, 1.807) is 0 Å². The molecule has 550 valence electrons. The predicted molar refractivity (Wildman–Crippen MR) is 402 cm³/mol. The fourth-order valence-electron chi connectivity index (χ4n) is 12.7. The Bertz CT molecular complexity index is 1560. The lowest BCUT2D eigenvalue weighted by Crippen LogP contribution is -2.43. The third-order valence-electron chi connectivity index (χ3n) is 19.2. The van der Waals surface area contributed by atoms with Gasteiger partial charge in [0.1, 0.15) is 5.78 Å². The maximum Gasteiger partial charge on any atom is 0.221 e. The van der Waals surface area contributed by atoms with Crippen LogP contribution in [0.2, 0.25) is 0 Å². The molecule has 13 heteroatoms. The summed E-state index contributed by atoms with van der Waals surface area (Å²) in [6.45, 7) is 21.7. The van der Waals surface area contributed by atoms with Crippen molar-refractivity contribution in [2.45, 2.75) is 388 Å². The second-order valence-corrected chi connectivity index (χ2v) is 28.3. The third-order valence-corrected chi connectivity index (χ3v) is 19.2. The van der Waals surface area contributed by atoms with Crippen molar-refractivity contribution in [2.24, 2.45) is 0 Å². The van der Waals surface area contributed by atoms with E-state index in [0.29, 0.717) is 83.6 Å². The molecule has 0 bridgehead atoms. The zero-order chi connectivity index (χ0) is 67.7. The van der Waals surface area contributed by atoms with Crippen molar-refractivity contribution < 1.29 is 24.0 Å². The van der Waals surface area contributed by atoms with Crippen molar-refractivity contribution >= 4 is 29.4 Å². The topological polar surface area (TPSA) is 155 Å². The van der Waals surface area contributed by atoms with Crippen LogP contribution in [-0.4, -0.2) is 142 Å². The van der Waals surface area contributed by atoms with Crippen molar-refractivity contribution in [2.75, 3.05) is 98.2 Å². The molecule has 0 atom stereocenters. The lowest BCUT2D eigenvalue weighted by molar-refractivity contribution is -0.122. The molecule has 93 heavy (non-hydrogen) atoms. The Morgan fingerprint density at radius 1 is 0.194 bits per heavy atom. The highest BCUT2D eigenvalue weighted by molar-refractivity contribution is 5.79. The molecule has 5 N–H and O–H groups in total. The van der Waals surface area contributed by atoms with Gasteiger partial charge in [-0.05, 0) is 32.1 Å². The van der Waals surface area contributed by atoms with Gasteiger partial charge >= 0.3 is 0 Å². The van der Waals surface area contributed by atoms with Crippen LogP contribution in [0.1, 0.15) is 388 Å². The number of Topliss-reactive ketones (excluding diaryl/α,β-unsaturated/α-hetero) is 1. The normalized spacial score (nSPS) is 11.6. The van der Waals surface area contributed by atoms with Crippen LogP contribution in [0.4, 0.5) is 0 Å². The fraction of sp³-hybridized carbons (Fsp3) is 0.938. The molecule has 0 aromatic carbocycles. The standard InChI is InChI=1S/C80H160N8O5/c1-6-11-16-21-26-31-32-33-34-35-40-45-50-55-76(89)56-67-87(70-59-79(92)84-63-53-48-43-38-29-24-19-14-9-4)74-75-88(71-60-80(93)85-64-54-49-44-39-30-25-20-15-10-5)73-66-81-65-72-86(68-57-77(90)82-61-51-46-41-36-27-22-17-12-7-2)69-58-78(91)83-62-52-47-42-37-28-23-18-13-8-3/h81H,6-75H2,1-5H3,(H,82,90)(H,83,91)(H,84,92)(H,85,93). The third kappa shape index (κ3) is 70.5. The van der Waals surface area contributed by atoms with Crippen molar-refractivity contribution in [1.82, 2.24) is 41.3 Å². The average molecular weight is 1310 g/mol. The van der Waals surface area contributed by atoms with Crippen LogP contribution >= 0.6 is 0 Å². The van der Waals surface area contributed by atoms with Crippen LogP contribution < -0.4 is 26.6 Å². The molecule has 0 aromatic rings. The van der Waals surface area contributed by atoms with Crippen LogP contribution in [0, 0.1) is 0 Å². The summed E-state index contributed by atoms with van der Waals surface area (Å²) >= 11 is 0. The highest BCUT2D eigenvalue weighted by Crippen LogP contribution is 2.16. The highest BCUT2D eigenvalue weighted by atomic mass is 16.2. The van der Waals surface area contributed by atoms with Gasteiger partial charge in [-0.1, -0.05) is 317 Å². The van der Waals surface area contributed by atoms with Crippen LogP contribution in [0.5, 0.6) is 0 Å². The Labute approximate surface area is 577 Å². The monoisotopic (exact) mass is 1310 g/mol. The molecule has 0 saturated heterocycles. The van der Waals surface area contributed by atoms with Gasteiger partial charge in [-0.15, -0.1) is 0 Å². The SMILES string of the molecule is CCCCCCCCCCCCCCCC(=O)CCN(CCC(=O)NCCCCCCCCCCC)CCN(CCNCCN(CCC(=O)NCCCCCCCCCCC)CCC(=O)NCCCCCCCCCCC)CCC(=O)NCCCCCCCCCCC. The average Bonchev–Trinajstić information content (AvgIpc) is 3.78. The quantitative estimate of drug-likeness (QED) is 0.0374. The molecule has 0 spiro atoms. The molecular weight excluding hydrogens is 1150 g/mol. The number of rotatable bonds is 78. The minimum atomic E-state index is 0.0816. The lowest BCUT2D eigenvalue weighted by atomic mass is 10.0. The molecule has 4 amide bonds. The van der Waals surface area contributed by atoms with Gasteiger partial charge in [0, 0.05) is 137 Å². The summed E-state index contributed by atoms with van der Waals surface area (Å²) in [5.41, 5.74) is 0. The Balaban J connectivity index is 5.81. The van der Waals surface area contributed by atoms with Gasteiger partial charge in [-0.2, -0.15) is 0 Å². The molecule has 0 aliphatic rings. The van der Waals surface area contributed by atoms with Gasteiger partial charge in [0.2, 0.25) is 23.6 Å². The number of nitrogens with zero attached hydrogens (tertiary/aromatic N) is 3. The molecule has 0 saturated carbocycles. The molecule has 0 aliphatic carbocycles. The number of nitrogens with one attached hydrogen (secondary N) is 5. The van der Waals surface area contributed by atoms with Crippen LogP contribution in [0.3, 0.4) is 0 Å². The van der Waals surface area contributed by atoms with E-state index < -0.39 is 0 Å². The highest BCUT2D eigenvalue weighted by Gasteiger charge is 2.16. The first kappa shape index (κ1) is 90.4. The maximum absolute atomic E-state index is 13.4. The molecular formula is C80H160N8O5. The van der Waals surface area contributed by atoms with Crippen LogP contribution in [0.25, 0.3) is 0 Å². The summed E-state index contributed by atoms with van der Waals surface area (Å²) in [5, 5.41) is 16.5. The number of hydrogen-bond acceptors (Lipinski definition) is 9. The number of ketones is 1. The Morgan fingerprint density at radius 3 is 0.634 bits per heavy atom. The Morgan fingerprint density at radius 2 is 0.387 bits per heavy atom. The zero-order valence-corrected chi connectivity index (χ0v) is 62.9. The van der Waals surface area contributed by atoms with Crippen LogP contribution in [0.15, 0.2) is 0 Å². The van der Waals surface area contributed by atoms with Gasteiger partial charge < -0.3 is 41.3 Å². The van der Waals surface area contributed by atoms with Crippen molar-refractivity contribution in [3.8, 4) is 0 Å². The van der Waals surface area contributed by atoms with Crippen molar-refractivity contribution in [3.63, 3.8) is 0 Å². The van der Waals surface area contributed by atoms with Gasteiger partial charge in [0.25, 0.3) is 0 Å². The van der Waals surface area contributed by atoms with E-state index in [1.807, 2.05) is 0 Å². The molecule has 0 aromatic heterocycles. The van der Waals surface area contributed by atoms with E-state index >= 15 is 0 Å². The zero-order valence-electron chi connectivity index (χ0n) is 62.9. The van der Waals surface area contributed by atoms with E-state index in [1.165, 1.54) is 250 Å². The summed E-state index contributed by atoms with van der Waals surface area (Å²) in [4.78, 5) is 73.4. The summed E-state index contributed by atoms with van der Waals surface area (Å²) in [7, 11) is 0. The summed E-state index contributed by atoms with van der Waals surface area (Å²) in [6.07, 6.45) is 64.7. The molecule has 0 radical (unpaired) electrons. The minimum absolute atomic E-state index is 0.0816. The first-order valence-corrected chi connectivity index (χ1v) is 41.1. The molecule has 0 unspecified atom stereocenters. The van der Waals surface area contributed by atoms with E-state index in [0.717, 1.165) is 123 Å². The smallest absolute Gasteiger partial charge is 0.221 e. The summed E-state index contributed by atoms with van der Waals surface area (Å²) < 4.78 is 0. The van der Waals surface area contributed by atoms with Gasteiger partial charge in [0.05, 0.1) is 0 Å². The number of carbonyl (C=O) groups excluding carboxylic acids is 5. The molecule has 0 aliphatic heterocycles. The molecule has 0 rings (SSSR count). The number of carbonyl (C=O) groups is 5. The fourth-order valence-corrected chi connectivity index (χ4v) is 12.7.